The summed E-state index contributed by atoms with van der Waals surface area (Å²) in [5.41, 5.74) is 4.35. The molecule has 3 fully saturated rings. The van der Waals surface area contributed by atoms with Gasteiger partial charge in [0.05, 0.1) is 28.9 Å². The minimum atomic E-state index is -1.57. The number of pyridine rings is 4. The summed E-state index contributed by atoms with van der Waals surface area (Å²) in [6.45, 7) is 35.0. The fourth-order valence-corrected chi connectivity index (χ4v) is 14.7. The van der Waals surface area contributed by atoms with Crippen LogP contribution in [0.4, 0.5) is 0 Å². The molecule has 0 spiro atoms. The maximum Gasteiger partial charge on any atom is 0.339 e. The van der Waals surface area contributed by atoms with Gasteiger partial charge in [-0.05, 0) is 192 Å². The number of hydrogen-bond donors (Lipinski definition) is 5. The van der Waals surface area contributed by atoms with Crippen LogP contribution >= 0.6 is 0 Å². The summed E-state index contributed by atoms with van der Waals surface area (Å²) >= 11 is 0. The number of allylic oxidation sites excluding steroid dienone is 4. The number of aromatic nitrogens is 5. The highest BCUT2D eigenvalue weighted by molar-refractivity contribution is 6.22. The van der Waals surface area contributed by atoms with Gasteiger partial charge in [-0.25, -0.2) is 19.2 Å². The van der Waals surface area contributed by atoms with Gasteiger partial charge in [0.2, 0.25) is 5.91 Å². The van der Waals surface area contributed by atoms with E-state index in [1.165, 1.54) is 32.1 Å². The largest absolute Gasteiger partial charge is 0.462 e. The van der Waals surface area contributed by atoms with E-state index >= 15 is 0 Å². The quantitative estimate of drug-likeness (QED) is 0.0209. The number of amides is 1. The first-order valence-corrected chi connectivity index (χ1v) is 41.2. The van der Waals surface area contributed by atoms with Crippen LogP contribution < -0.4 is 27.6 Å². The lowest BCUT2D eigenvalue weighted by atomic mass is 9.97. The van der Waals surface area contributed by atoms with Crippen LogP contribution in [0.15, 0.2) is 76.8 Å². The zero-order valence-corrected chi connectivity index (χ0v) is 73.6. The molecule has 24 nitrogen and oxygen atoms in total. The summed E-state index contributed by atoms with van der Waals surface area (Å²) in [4.78, 5) is 114. The van der Waals surface area contributed by atoms with Crippen molar-refractivity contribution in [1.29, 1.82) is 0 Å². The van der Waals surface area contributed by atoms with Crippen molar-refractivity contribution < 1.29 is 67.9 Å². The first-order valence-electron chi connectivity index (χ1n) is 41.2. The Morgan fingerprint density at radius 1 is 0.471 bits per heavy atom. The Labute approximate surface area is 697 Å². The van der Waals surface area contributed by atoms with Crippen LogP contribution in [0, 0.1) is 72.0 Å². The normalized spacial score (nSPS) is 17.0. The van der Waals surface area contributed by atoms with Crippen LogP contribution in [0.25, 0.3) is 22.3 Å². The van der Waals surface area contributed by atoms with E-state index in [1.807, 2.05) is 83.1 Å². The Kier molecular flexibility index (Phi) is 28.0. The summed E-state index contributed by atoms with van der Waals surface area (Å²) in [5.74, 6) is 23.0. The second-order valence-electron chi connectivity index (χ2n) is 35.5. The number of aliphatic hydroxyl groups is 4. The summed E-state index contributed by atoms with van der Waals surface area (Å²) in [6, 6.07) is 1.61. The van der Waals surface area contributed by atoms with Crippen LogP contribution in [-0.2, 0) is 102 Å². The number of nitrogens with one attached hydrogen (secondary N) is 1. The number of carbonyl (C=O) groups is 5. The highest BCUT2D eigenvalue weighted by Crippen LogP contribution is 2.44. The molecule has 0 saturated heterocycles. The van der Waals surface area contributed by atoms with Gasteiger partial charge < -0.3 is 67.5 Å². The molecule has 5 N–H and O–H groups in total. The third kappa shape index (κ3) is 21.9. The zero-order chi connectivity index (χ0) is 88.3. The second kappa shape index (κ2) is 36.1. The average molecular weight is 1630 g/mol. The zero-order valence-electron chi connectivity index (χ0n) is 73.6. The third-order valence-corrected chi connectivity index (χ3v) is 23.1. The van der Waals surface area contributed by atoms with Gasteiger partial charge in [-0.15, -0.1) is 0 Å². The summed E-state index contributed by atoms with van der Waals surface area (Å²) in [7, 11) is 6.66. The summed E-state index contributed by atoms with van der Waals surface area (Å²) in [5, 5.41) is 49.0. The Morgan fingerprint density at radius 2 is 0.773 bits per heavy atom. The lowest BCUT2D eigenvalue weighted by Crippen LogP contribution is -2.29. The van der Waals surface area contributed by atoms with Crippen molar-refractivity contribution in [2.45, 2.75) is 273 Å². The van der Waals surface area contributed by atoms with Crippen LogP contribution in [-0.4, -0.2) is 120 Å². The Balaban J connectivity index is 0.000000181. The van der Waals surface area contributed by atoms with Crippen LogP contribution in [0.2, 0.25) is 0 Å². The molecule has 5 heterocycles. The number of rotatable bonds is 20. The Bertz CT molecular complexity index is 5590. The molecule has 12 rings (SSSR count). The molecular weight excluding hydrogens is 1510 g/mol. The molecule has 0 bridgehead atoms. The van der Waals surface area contributed by atoms with Crippen molar-refractivity contribution in [3.63, 3.8) is 0 Å². The molecule has 5 aromatic heterocycles. The number of unbranched alkanes of at least 4 members (excludes halogenated alkanes) is 1. The number of aryl methyl sites for hydroxylation is 5. The van der Waals surface area contributed by atoms with E-state index < -0.39 is 63.1 Å². The average Bonchev–Trinajstić information content (AvgIpc) is 1.63. The lowest BCUT2D eigenvalue weighted by molar-refractivity contribution is -0.150. The molecule has 119 heavy (non-hydrogen) atoms. The van der Waals surface area contributed by atoms with Crippen molar-refractivity contribution in [2.24, 2.45) is 45.9 Å². The maximum atomic E-state index is 13.2. The van der Waals surface area contributed by atoms with E-state index in [0.29, 0.717) is 146 Å². The number of fused-ring (bicyclic) bond motifs is 4. The van der Waals surface area contributed by atoms with E-state index in [1.54, 1.807) is 86.7 Å². The minimum Gasteiger partial charge on any atom is -0.462 e. The van der Waals surface area contributed by atoms with E-state index in [4.69, 9.17) is 23.5 Å². The number of nitrogens with zero attached hydrogens (tertiary/aromatic N) is 5. The molecule has 1 amide bonds. The first-order chi connectivity index (χ1) is 55.4. The van der Waals surface area contributed by atoms with Gasteiger partial charge in [-0.2, -0.15) is 0 Å². The molecule has 0 aliphatic heterocycles. The van der Waals surface area contributed by atoms with Crippen LogP contribution in [0.1, 0.15) is 280 Å². The van der Waals surface area contributed by atoms with Crippen molar-refractivity contribution in [3.05, 3.63) is 173 Å². The highest BCUT2D eigenvalue weighted by Gasteiger charge is 2.43. The Hall–Kier alpha value is -10.6. The molecule has 636 valence electrons. The molecule has 7 aliphatic rings. The van der Waals surface area contributed by atoms with Crippen molar-refractivity contribution >= 4 is 52.1 Å². The number of esters is 4. The summed E-state index contributed by atoms with van der Waals surface area (Å²) < 4.78 is 33.6. The SMILES string of the molecule is CC(=O)NCCCOC(=O)C1=C(C)Cc2c1c(C#CC(C)(O)C1CC1)cn(C)c2=O.CCC(C)(C)OC(=O)C1=C(C)Cc2c1c(C#CC(C)(O)C1CC1)cn(C)c2=O.CCC(C)(C)OC(=O)C1=C(C)Cc2c1c(C#C[C@@](C)(O)c1cc(C)on1)cn(C)c2=O.CCCCC(C)(C)OC(=O)C1=C(C)Cc2c1c(C#CC(C)(O)C1CC1)cn(C)c2=O. The molecule has 3 saturated carbocycles. The number of hydrogen-bond acceptors (Lipinski definition) is 19. The third-order valence-electron chi connectivity index (χ3n) is 23.1. The fraction of sp³-hybridized carbons (Fsp3) is 0.537. The molecule has 24 heteroatoms. The van der Waals surface area contributed by atoms with Gasteiger partial charge in [-0.3, -0.25) is 24.0 Å². The smallest absolute Gasteiger partial charge is 0.339 e. The van der Waals surface area contributed by atoms with Gasteiger partial charge in [-0.1, -0.05) is 102 Å². The molecule has 0 aromatic carbocycles. The summed E-state index contributed by atoms with van der Waals surface area (Å²) in [6.07, 6.45) is 18.4. The fourth-order valence-electron chi connectivity index (χ4n) is 14.7. The standard InChI is InChI=1S/C25H33NO4.C24H28N2O5.C23H28N2O5.C23H29NO4/c1-7-8-12-24(3,4)30-23(28)20-16(2)14-19-21(20)17(15-26(6)22(19)27)11-13-25(5,29)18-9-10-18;1-8-23(4,5)30-22(28)19-14(2)11-17-20(19)16(13-26(7)21(17)27)9-10-24(6,29)18-12-15(3)31-25-18;1-14-12-18-20(19(14)22(28)30-11-5-10-24-15(2)26)16(13-25(4)21(18)27)8-9-23(3,29)17-6-7-17;1-7-22(3,4)28-21(26)18-14(2)12-17-19(18)15(13-24(6)20(17)25)10-11-23(5,27)16-8-9-16/h15,18,29H,7-10,12,14H2,1-6H3;12-13,29H,8,11H2,1-7H3;13,17,29H,5-7,10-12H2,1-4H3,(H,24,26);13,16,27H,7-9,12H2,1-6H3/t;24-;;/m.1../s1. The van der Waals surface area contributed by atoms with Crippen LogP contribution in [0.5, 0.6) is 0 Å². The molecule has 0 radical (unpaired) electrons. The van der Waals surface area contributed by atoms with Crippen molar-refractivity contribution in [2.75, 3.05) is 13.2 Å². The highest BCUT2D eigenvalue weighted by atomic mass is 16.6. The second-order valence-corrected chi connectivity index (χ2v) is 35.5. The molecular formula is C95H118N6O18. The van der Waals surface area contributed by atoms with Crippen molar-refractivity contribution in [1.82, 2.24) is 28.7 Å². The van der Waals surface area contributed by atoms with Gasteiger partial charge in [0, 0.05) is 165 Å². The van der Waals surface area contributed by atoms with Gasteiger partial charge in [0.25, 0.3) is 22.2 Å². The van der Waals surface area contributed by atoms with E-state index in [-0.39, 0.29) is 58.2 Å². The topological polar surface area (TPSA) is 329 Å². The Morgan fingerprint density at radius 3 is 1.05 bits per heavy atom. The van der Waals surface area contributed by atoms with Crippen LogP contribution in [0.3, 0.4) is 0 Å². The van der Waals surface area contributed by atoms with E-state index in [0.717, 1.165) is 80.1 Å². The minimum absolute atomic E-state index is 0.128. The van der Waals surface area contributed by atoms with Gasteiger partial charge in [0.1, 0.15) is 45.1 Å². The lowest BCUT2D eigenvalue weighted by Gasteiger charge is -2.26. The number of carbonyl (C=O) groups excluding carboxylic acids is 5. The predicted octanol–water partition coefficient (Wildman–Crippen LogP) is 11.0. The predicted molar refractivity (Wildman–Crippen MR) is 455 cm³/mol. The molecule has 7 aliphatic carbocycles. The van der Waals surface area contributed by atoms with E-state index in [2.05, 4.69) is 64.8 Å². The van der Waals surface area contributed by atoms with Gasteiger partial charge in [0.15, 0.2) is 5.60 Å². The molecule has 3 unspecified atom stereocenters. The van der Waals surface area contributed by atoms with Crippen molar-refractivity contribution in [3.8, 4) is 47.4 Å². The number of ether oxygens (including phenoxy) is 4. The molecule has 4 atom stereocenters. The maximum absolute atomic E-state index is 13.2. The first kappa shape index (κ1) is 92.3. The monoisotopic (exact) mass is 1630 g/mol. The van der Waals surface area contributed by atoms with Gasteiger partial charge >= 0.3 is 23.9 Å². The van der Waals surface area contributed by atoms with E-state index in [9.17, 15) is 63.6 Å². The molecule has 5 aromatic rings.